The third-order valence-corrected chi connectivity index (χ3v) is 4.44. The first kappa shape index (κ1) is 17.9. The average molecular weight is 486 g/mol. The summed E-state index contributed by atoms with van der Waals surface area (Å²) < 4.78 is 2.18. The van der Waals surface area contributed by atoms with Crippen LogP contribution in [-0.2, 0) is 4.79 Å². The van der Waals surface area contributed by atoms with Crippen molar-refractivity contribution in [2.24, 2.45) is 5.10 Å². The molecule has 2 aromatic carbocycles. The van der Waals surface area contributed by atoms with Gasteiger partial charge in [0.25, 0.3) is 5.91 Å². The number of anilines is 1. The van der Waals surface area contributed by atoms with E-state index < -0.39 is 0 Å². The predicted molar refractivity (Wildman–Crippen MR) is 107 cm³/mol. The standard InChI is InChI=1S/C17H17BrIN3O/c1-11-9-15(19)7-8-16(11)20-10-17(23)22-21-12(2)13-3-5-14(18)6-4-13/h3-9,20H,10H2,1-2H3,(H,22,23)/b21-12+. The number of nitrogens with one attached hydrogen (secondary N) is 2. The summed E-state index contributed by atoms with van der Waals surface area (Å²) in [6, 6.07) is 13.8. The second-order valence-corrected chi connectivity index (χ2v) is 7.21. The van der Waals surface area contributed by atoms with E-state index in [4.69, 9.17) is 0 Å². The summed E-state index contributed by atoms with van der Waals surface area (Å²) >= 11 is 5.66. The number of hydrazone groups is 1. The van der Waals surface area contributed by atoms with Gasteiger partial charge >= 0.3 is 0 Å². The lowest BCUT2D eigenvalue weighted by Crippen LogP contribution is -2.27. The third-order valence-electron chi connectivity index (χ3n) is 3.24. The normalized spacial score (nSPS) is 11.2. The molecule has 4 nitrogen and oxygen atoms in total. The lowest BCUT2D eigenvalue weighted by molar-refractivity contribution is -0.119. The lowest BCUT2D eigenvalue weighted by Gasteiger charge is -2.09. The van der Waals surface area contributed by atoms with E-state index in [1.54, 1.807) is 0 Å². The summed E-state index contributed by atoms with van der Waals surface area (Å²) in [5, 5.41) is 7.25. The molecule has 1 amide bonds. The molecule has 0 unspecified atom stereocenters. The van der Waals surface area contributed by atoms with Crippen molar-refractivity contribution in [2.75, 3.05) is 11.9 Å². The fraction of sp³-hybridized carbons (Fsp3) is 0.176. The van der Waals surface area contributed by atoms with Crippen LogP contribution in [0.5, 0.6) is 0 Å². The summed E-state index contributed by atoms with van der Waals surface area (Å²) in [6.45, 7) is 4.05. The van der Waals surface area contributed by atoms with E-state index in [2.05, 4.69) is 60.4 Å². The van der Waals surface area contributed by atoms with Gasteiger partial charge in [-0.1, -0.05) is 28.1 Å². The highest BCUT2D eigenvalue weighted by Gasteiger charge is 2.03. The van der Waals surface area contributed by atoms with Crippen LogP contribution < -0.4 is 10.7 Å². The van der Waals surface area contributed by atoms with Crippen LogP contribution in [0.4, 0.5) is 5.69 Å². The Morgan fingerprint density at radius 2 is 1.91 bits per heavy atom. The quantitative estimate of drug-likeness (QED) is 0.376. The van der Waals surface area contributed by atoms with Crippen LogP contribution in [-0.4, -0.2) is 18.2 Å². The summed E-state index contributed by atoms with van der Waals surface area (Å²) in [5.74, 6) is -0.181. The summed E-state index contributed by atoms with van der Waals surface area (Å²) in [4.78, 5) is 11.9. The van der Waals surface area contributed by atoms with Crippen molar-refractivity contribution in [3.05, 3.63) is 61.6 Å². The molecule has 6 heteroatoms. The van der Waals surface area contributed by atoms with Crippen LogP contribution in [0.3, 0.4) is 0 Å². The first-order valence-corrected chi connectivity index (χ1v) is 8.92. The molecule has 23 heavy (non-hydrogen) atoms. The molecule has 0 saturated carbocycles. The molecule has 0 saturated heterocycles. The minimum Gasteiger partial charge on any atom is -0.376 e. The average Bonchev–Trinajstić information content (AvgIpc) is 2.52. The minimum absolute atomic E-state index is 0.179. The number of carbonyl (C=O) groups excluding carboxylic acids is 1. The van der Waals surface area contributed by atoms with E-state index in [1.807, 2.05) is 50.2 Å². The Bertz CT molecular complexity index is 729. The van der Waals surface area contributed by atoms with Gasteiger partial charge in [-0.3, -0.25) is 4.79 Å². The number of benzene rings is 2. The summed E-state index contributed by atoms with van der Waals surface area (Å²) in [5.41, 5.74) is 6.36. The first-order valence-electron chi connectivity index (χ1n) is 7.05. The van der Waals surface area contributed by atoms with Gasteiger partial charge in [0.05, 0.1) is 12.3 Å². The Kier molecular flexibility index (Phi) is 6.59. The van der Waals surface area contributed by atoms with Gasteiger partial charge in [0, 0.05) is 13.7 Å². The molecule has 2 N–H and O–H groups in total. The zero-order valence-corrected chi connectivity index (χ0v) is 16.6. The van der Waals surface area contributed by atoms with Gasteiger partial charge in [0.1, 0.15) is 0 Å². The molecule has 0 spiro atoms. The van der Waals surface area contributed by atoms with Crippen molar-refractivity contribution < 1.29 is 4.79 Å². The van der Waals surface area contributed by atoms with Crippen molar-refractivity contribution >= 4 is 55.8 Å². The highest BCUT2D eigenvalue weighted by Crippen LogP contribution is 2.17. The maximum atomic E-state index is 11.9. The molecule has 0 heterocycles. The van der Waals surface area contributed by atoms with Crippen molar-refractivity contribution in [3.8, 4) is 0 Å². The number of carbonyl (C=O) groups is 1. The van der Waals surface area contributed by atoms with Crippen molar-refractivity contribution in [2.45, 2.75) is 13.8 Å². The van der Waals surface area contributed by atoms with Crippen LogP contribution in [0.2, 0.25) is 0 Å². The molecule has 0 aliphatic carbocycles. The summed E-state index contributed by atoms with van der Waals surface area (Å²) in [6.07, 6.45) is 0. The van der Waals surface area contributed by atoms with Crippen LogP contribution >= 0.6 is 38.5 Å². The molecule has 0 aromatic heterocycles. The Hall–Kier alpha value is -1.41. The minimum atomic E-state index is -0.181. The van der Waals surface area contributed by atoms with Crippen molar-refractivity contribution in [1.29, 1.82) is 0 Å². The number of hydrogen-bond donors (Lipinski definition) is 2. The fourth-order valence-corrected chi connectivity index (χ4v) is 2.85. The molecule has 0 atom stereocenters. The smallest absolute Gasteiger partial charge is 0.259 e. The van der Waals surface area contributed by atoms with Crippen LogP contribution in [0.25, 0.3) is 0 Å². The predicted octanol–water partition coefficient (Wildman–Crippen LogP) is 4.31. The SMILES string of the molecule is C/C(=N\NC(=O)CNc1ccc(I)cc1C)c1ccc(Br)cc1. The fourth-order valence-electron chi connectivity index (χ4n) is 1.94. The molecule has 120 valence electrons. The molecule has 0 bridgehead atoms. The third kappa shape index (κ3) is 5.62. The second kappa shape index (κ2) is 8.44. The van der Waals surface area contributed by atoms with Gasteiger partial charge in [-0.25, -0.2) is 5.43 Å². The van der Waals surface area contributed by atoms with Crippen molar-refractivity contribution in [1.82, 2.24) is 5.43 Å². The Labute approximate surface area is 158 Å². The van der Waals surface area contributed by atoms with E-state index in [1.165, 1.54) is 3.57 Å². The monoisotopic (exact) mass is 485 g/mol. The molecule has 0 radical (unpaired) electrons. The van der Waals surface area contributed by atoms with Crippen LogP contribution in [0, 0.1) is 10.5 Å². The Morgan fingerprint density at radius 1 is 1.22 bits per heavy atom. The van der Waals surface area contributed by atoms with E-state index >= 15 is 0 Å². The van der Waals surface area contributed by atoms with Gasteiger partial charge in [-0.2, -0.15) is 5.10 Å². The van der Waals surface area contributed by atoms with Gasteiger partial charge < -0.3 is 5.32 Å². The summed E-state index contributed by atoms with van der Waals surface area (Å²) in [7, 11) is 0. The van der Waals surface area contributed by atoms with Gasteiger partial charge in [-0.15, -0.1) is 0 Å². The number of halogens is 2. The van der Waals surface area contributed by atoms with Crippen LogP contribution in [0.15, 0.2) is 52.0 Å². The molecular weight excluding hydrogens is 469 g/mol. The number of aryl methyl sites for hydroxylation is 1. The maximum Gasteiger partial charge on any atom is 0.259 e. The van der Waals surface area contributed by atoms with Gasteiger partial charge in [0.2, 0.25) is 0 Å². The molecule has 0 fully saturated rings. The van der Waals surface area contributed by atoms with Gasteiger partial charge in [0.15, 0.2) is 0 Å². The zero-order chi connectivity index (χ0) is 16.8. The highest BCUT2D eigenvalue weighted by molar-refractivity contribution is 14.1. The second-order valence-electron chi connectivity index (χ2n) is 5.05. The number of hydrogen-bond acceptors (Lipinski definition) is 3. The van der Waals surface area contributed by atoms with E-state index in [0.29, 0.717) is 0 Å². The van der Waals surface area contributed by atoms with Crippen LogP contribution in [0.1, 0.15) is 18.1 Å². The van der Waals surface area contributed by atoms with E-state index in [-0.39, 0.29) is 12.5 Å². The highest BCUT2D eigenvalue weighted by atomic mass is 127. The lowest BCUT2D eigenvalue weighted by atomic mass is 10.1. The number of rotatable bonds is 5. The van der Waals surface area contributed by atoms with E-state index in [0.717, 1.165) is 27.0 Å². The molecule has 0 aliphatic rings. The maximum absolute atomic E-state index is 11.9. The van der Waals surface area contributed by atoms with Crippen molar-refractivity contribution in [3.63, 3.8) is 0 Å². The Balaban J connectivity index is 1.89. The molecular formula is C17H17BrIN3O. The molecule has 2 rings (SSSR count). The number of amides is 1. The topological polar surface area (TPSA) is 53.5 Å². The first-order chi connectivity index (χ1) is 11.0. The molecule has 2 aromatic rings. The zero-order valence-electron chi connectivity index (χ0n) is 12.9. The largest absolute Gasteiger partial charge is 0.376 e. The van der Waals surface area contributed by atoms with E-state index in [9.17, 15) is 4.79 Å². The molecule has 0 aliphatic heterocycles. The van der Waals surface area contributed by atoms with Gasteiger partial charge in [-0.05, 0) is 77.9 Å². The number of nitrogens with zero attached hydrogens (tertiary/aromatic N) is 1. The Morgan fingerprint density at radius 3 is 2.57 bits per heavy atom.